The molecule has 1 N–H and O–H groups in total. The minimum absolute atomic E-state index is 0.0536. The molecule has 0 amide bonds. The number of ether oxygens (including phenoxy) is 1. The maximum Gasteiger partial charge on any atom is 0.247 e. The van der Waals surface area contributed by atoms with Gasteiger partial charge in [0.1, 0.15) is 10.6 Å². The molecule has 0 aromatic heterocycles. The van der Waals surface area contributed by atoms with Crippen LogP contribution < -0.4 is 4.74 Å². The summed E-state index contributed by atoms with van der Waals surface area (Å²) in [5.74, 6) is 0.319. The maximum atomic E-state index is 12.7. The highest BCUT2D eigenvalue weighted by atomic mass is 79.9. The molecule has 0 bridgehead atoms. The van der Waals surface area contributed by atoms with Gasteiger partial charge >= 0.3 is 0 Å². The average Bonchev–Trinajstić information content (AvgIpc) is 2.37. The summed E-state index contributed by atoms with van der Waals surface area (Å²) >= 11 is 3.28. The smallest absolute Gasteiger partial charge is 0.247 e. The van der Waals surface area contributed by atoms with Crippen molar-refractivity contribution in [2.75, 3.05) is 19.8 Å². The molecule has 0 aliphatic heterocycles. The van der Waals surface area contributed by atoms with Crippen molar-refractivity contribution >= 4 is 26.0 Å². The number of hydrogen-bond donors (Lipinski definition) is 1. The van der Waals surface area contributed by atoms with Gasteiger partial charge in [-0.25, -0.2) is 8.42 Å². The Morgan fingerprint density at radius 3 is 2.55 bits per heavy atom. The summed E-state index contributed by atoms with van der Waals surface area (Å²) < 4.78 is 32.8. The van der Waals surface area contributed by atoms with E-state index in [4.69, 9.17) is 9.84 Å². The molecule has 20 heavy (non-hydrogen) atoms. The summed E-state index contributed by atoms with van der Waals surface area (Å²) in [5, 5.41) is 9.08. The fourth-order valence-corrected chi connectivity index (χ4v) is 4.14. The summed E-state index contributed by atoms with van der Waals surface area (Å²) in [7, 11) is -3.72. The molecule has 1 aromatic carbocycles. The predicted octanol–water partition coefficient (Wildman–Crippen LogP) is 2.24. The third kappa shape index (κ3) is 3.94. The van der Waals surface area contributed by atoms with Gasteiger partial charge in [-0.3, -0.25) is 0 Å². The van der Waals surface area contributed by atoms with Gasteiger partial charge in [0.25, 0.3) is 0 Å². The molecule has 7 heteroatoms. The Hall–Kier alpha value is -0.630. The van der Waals surface area contributed by atoms with Crippen LogP contribution in [0.5, 0.6) is 5.75 Å². The van der Waals surface area contributed by atoms with Crippen molar-refractivity contribution in [3.05, 3.63) is 22.7 Å². The number of aliphatic hydroxyl groups is 1. The van der Waals surface area contributed by atoms with Crippen molar-refractivity contribution in [1.29, 1.82) is 0 Å². The van der Waals surface area contributed by atoms with Gasteiger partial charge in [0.05, 0.1) is 13.2 Å². The number of hydrogen-bond acceptors (Lipinski definition) is 4. The molecule has 1 aromatic rings. The Labute approximate surface area is 128 Å². The minimum atomic E-state index is -3.72. The van der Waals surface area contributed by atoms with Crippen LogP contribution in [0.1, 0.15) is 20.8 Å². The number of aliphatic hydroxyl groups excluding tert-OH is 1. The Balaban J connectivity index is 3.35. The second-order valence-electron chi connectivity index (χ2n) is 4.46. The van der Waals surface area contributed by atoms with Crippen LogP contribution in [0, 0.1) is 0 Å². The summed E-state index contributed by atoms with van der Waals surface area (Å²) in [5.41, 5.74) is 0. The van der Waals surface area contributed by atoms with Crippen LogP contribution in [-0.2, 0) is 10.0 Å². The summed E-state index contributed by atoms with van der Waals surface area (Å²) in [4.78, 5) is 0.107. The van der Waals surface area contributed by atoms with Crippen LogP contribution in [-0.4, -0.2) is 43.6 Å². The fraction of sp³-hybridized carbons (Fsp3) is 0.538. The normalized spacial score (nSPS) is 12.2. The van der Waals surface area contributed by atoms with E-state index in [9.17, 15) is 8.42 Å². The lowest BCUT2D eigenvalue weighted by molar-refractivity contribution is 0.236. The lowest BCUT2D eigenvalue weighted by Crippen LogP contribution is -2.39. The van der Waals surface area contributed by atoms with Crippen LogP contribution in [0.15, 0.2) is 27.6 Å². The molecule has 0 unspecified atom stereocenters. The average molecular weight is 366 g/mol. The van der Waals surface area contributed by atoms with E-state index in [0.717, 1.165) is 0 Å². The molecule has 5 nitrogen and oxygen atoms in total. The van der Waals surface area contributed by atoms with Crippen LogP contribution in [0.2, 0.25) is 0 Å². The van der Waals surface area contributed by atoms with Gasteiger partial charge in [-0.15, -0.1) is 0 Å². The lowest BCUT2D eigenvalue weighted by atomic mass is 10.3. The highest BCUT2D eigenvalue weighted by molar-refractivity contribution is 9.10. The number of nitrogens with zero attached hydrogens (tertiary/aromatic N) is 1. The number of halogens is 1. The summed E-state index contributed by atoms with van der Waals surface area (Å²) in [6, 6.07) is 4.63. The van der Waals surface area contributed by atoms with Crippen LogP contribution in [0.3, 0.4) is 0 Å². The molecule has 0 saturated heterocycles. The number of rotatable bonds is 7. The monoisotopic (exact) mass is 365 g/mol. The molecule has 0 radical (unpaired) electrons. The zero-order chi connectivity index (χ0) is 15.3. The second-order valence-corrected chi connectivity index (χ2v) is 7.23. The second kappa shape index (κ2) is 7.40. The van der Waals surface area contributed by atoms with Crippen molar-refractivity contribution < 1.29 is 18.3 Å². The largest absolute Gasteiger partial charge is 0.492 e. The van der Waals surface area contributed by atoms with Crippen molar-refractivity contribution in [2.24, 2.45) is 0 Å². The lowest BCUT2D eigenvalue weighted by Gasteiger charge is -2.26. The maximum absolute atomic E-state index is 12.7. The molecule has 0 heterocycles. The first-order chi connectivity index (χ1) is 9.34. The first-order valence-electron chi connectivity index (χ1n) is 6.39. The van der Waals surface area contributed by atoms with E-state index < -0.39 is 10.0 Å². The standard InChI is InChI=1S/C13H20BrNO4S/c1-4-19-12-6-5-11(14)9-13(12)20(17,18)15(7-8-16)10(2)3/h5-6,9-10,16H,4,7-8H2,1-3H3. The molecule has 0 fully saturated rings. The summed E-state index contributed by atoms with van der Waals surface area (Å²) in [6.07, 6.45) is 0. The zero-order valence-corrected chi connectivity index (χ0v) is 14.2. The third-order valence-electron chi connectivity index (χ3n) is 2.69. The summed E-state index contributed by atoms with van der Waals surface area (Å²) in [6.45, 7) is 5.54. The Bertz CT molecular complexity index is 545. The van der Waals surface area contributed by atoms with Gasteiger partial charge in [-0.05, 0) is 39.0 Å². The van der Waals surface area contributed by atoms with Crippen molar-refractivity contribution in [1.82, 2.24) is 4.31 Å². The number of benzene rings is 1. The van der Waals surface area contributed by atoms with E-state index >= 15 is 0 Å². The highest BCUT2D eigenvalue weighted by Gasteiger charge is 2.29. The Morgan fingerprint density at radius 2 is 2.05 bits per heavy atom. The van der Waals surface area contributed by atoms with E-state index in [0.29, 0.717) is 16.8 Å². The van der Waals surface area contributed by atoms with Gasteiger partial charge in [0.2, 0.25) is 10.0 Å². The van der Waals surface area contributed by atoms with E-state index in [2.05, 4.69) is 15.9 Å². The number of sulfonamides is 1. The fourth-order valence-electron chi connectivity index (χ4n) is 1.84. The van der Waals surface area contributed by atoms with Gasteiger partial charge in [-0.2, -0.15) is 4.31 Å². The van der Waals surface area contributed by atoms with E-state index in [-0.39, 0.29) is 24.1 Å². The quantitative estimate of drug-likeness (QED) is 0.804. The molecular weight excluding hydrogens is 346 g/mol. The molecule has 0 spiro atoms. The minimum Gasteiger partial charge on any atom is -0.492 e. The topological polar surface area (TPSA) is 66.8 Å². The molecule has 1 rings (SSSR count). The first-order valence-corrected chi connectivity index (χ1v) is 8.63. The first kappa shape index (κ1) is 17.4. The van der Waals surface area contributed by atoms with E-state index in [1.54, 1.807) is 32.9 Å². The molecule has 0 atom stereocenters. The van der Waals surface area contributed by atoms with Gasteiger partial charge in [-0.1, -0.05) is 15.9 Å². The van der Waals surface area contributed by atoms with E-state index in [1.165, 1.54) is 10.4 Å². The van der Waals surface area contributed by atoms with Gasteiger partial charge in [0, 0.05) is 17.1 Å². The molecule has 0 saturated carbocycles. The van der Waals surface area contributed by atoms with Gasteiger partial charge < -0.3 is 9.84 Å². The van der Waals surface area contributed by atoms with Crippen molar-refractivity contribution in [2.45, 2.75) is 31.7 Å². The highest BCUT2D eigenvalue weighted by Crippen LogP contribution is 2.30. The zero-order valence-electron chi connectivity index (χ0n) is 11.8. The predicted molar refractivity (Wildman–Crippen MR) is 81.4 cm³/mol. The molecule has 0 aliphatic rings. The molecular formula is C13H20BrNO4S. The SMILES string of the molecule is CCOc1ccc(Br)cc1S(=O)(=O)N(CCO)C(C)C. The third-order valence-corrected chi connectivity index (χ3v) is 5.28. The van der Waals surface area contributed by atoms with Gasteiger partial charge in [0.15, 0.2) is 0 Å². The van der Waals surface area contributed by atoms with Crippen LogP contribution in [0.25, 0.3) is 0 Å². The van der Waals surface area contributed by atoms with Crippen LogP contribution >= 0.6 is 15.9 Å². The van der Waals surface area contributed by atoms with Crippen LogP contribution in [0.4, 0.5) is 0 Å². The van der Waals surface area contributed by atoms with E-state index in [1.807, 2.05) is 0 Å². The Kier molecular flexibility index (Phi) is 6.44. The van der Waals surface area contributed by atoms with Crippen molar-refractivity contribution in [3.63, 3.8) is 0 Å². The van der Waals surface area contributed by atoms with Crippen molar-refractivity contribution in [3.8, 4) is 5.75 Å². The molecule has 114 valence electrons. The molecule has 0 aliphatic carbocycles. The Morgan fingerprint density at radius 1 is 1.40 bits per heavy atom.